The Labute approximate surface area is 167 Å². The molecule has 1 amide bonds. The first-order valence-corrected chi connectivity index (χ1v) is 9.13. The number of nitrogens with one attached hydrogen (secondary N) is 1. The van der Waals surface area contributed by atoms with E-state index in [0.717, 1.165) is 21.6 Å². The zero-order valence-corrected chi connectivity index (χ0v) is 16.1. The molecule has 0 spiro atoms. The number of carbonyl (C=O) groups is 1. The molecule has 146 valence electrons. The van der Waals surface area contributed by atoms with Crippen molar-refractivity contribution >= 4 is 28.9 Å². The molecule has 0 radical (unpaired) electrons. The predicted octanol–water partition coefficient (Wildman–Crippen LogP) is 2.61. The lowest BCUT2D eigenvalue weighted by Gasteiger charge is -2.16. The summed E-state index contributed by atoms with van der Waals surface area (Å²) in [6, 6.07) is 18.8. The minimum atomic E-state index is -0.413. The Bertz CT molecular complexity index is 1210. The molecule has 4 aromatic rings. The molecule has 0 atom stereocenters. The largest absolute Gasteiger partial charge is 0.352 e. The van der Waals surface area contributed by atoms with E-state index in [1.807, 2.05) is 61.5 Å². The standard InChI is InChI=1S/C21H20N6O2/c1-15-8-10-16(11-9-15)22-18-12-13-26-20(23-18)24-27(21(26)29)14-19(28)25(2)17-6-4-3-5-7-17/h3-13H,14H2,1-2H3,(H,22,23,24). The van der Waals surface area contributed by atoms with E-state index in [9.17, 15) is 9.59 Å². The Morgan fingerprint density at radius 3 is 2.52 bits per heavy atom. The number of likely N-dealkylation sites (N-methyl/N-ethyl adjacent to an activating group) is 1. The quantitative estimate of drug-likeness (QED) is 0.568. The lowest BCUT2D eigenvalue weighted by Crippen LogP contribution is -2.34. The van der Waals surface area contributed by atoms with Crippen LogP contribution in [0.1, 0.15) is 5.56 Å². The van der Waals surface area contributed by atoms with Crippen LogP contribution in [-0.4, -0.2) is 32.1 Å². The molecule has 8 nitrogen and oxygen atoms in total. The van der Waals surface area contributed by atoms with Crippen molar-refractivity contribution in [1.29, 1.82) is 0 Å². The summed E-state index contributed by atoms with van der Waals surface area (Å²) in [7, 11) is 1.67. The van der Waals surface area contributed by atoms with Crippen molar-refractivity contribution in [3.05, 3.63) is 82.9 Å². The third-order valence-corrected chi connectivity index (χ3v) is 4.58. The second-order valence-corrected chi connectivity index (χ2v) is 6.70. The molecule has 0 unspecified atom stereocenters. The molecule has 0 fully saturated rings. The lowest BCUT2D eigenvalue weighted by atomic mass is 10.2. The van der Waals surface area contributed by atoms with Gasteiger partial charge in [-0.3, -0.25) is 4.79 Å². The molecule has 0 aliphatic carbocycles. The normalized spacial score (nSPS) is 10.8. The summed E-state index contributed by atoms with van der Waals surface area (Å²) >= 11 is 0. The molecule has 2 aromatic heterocycles. The Morgan fingerprint density at radius 2 is 1.79 bits per heavy atom. The summed E-state index contributed by atoms with van der Waals surface area (Å²) in [4.78, 5) is 31.0. The molecule has 0 saturated heterocycles. The smallest absolute Gasteiger partial charge is 0.340 e. The van der Waals surface area contributed by atoms with Crippen molar-refractivity contribution in [3.63, 3.8) is 0 Å². The number of amides is 1. The second kappa shape index (κ2) is 7.59. The van der Waals surface area contributed by atoms with E-state index in [4.69, 9.17) is 0 Å². The van der Waals surface area contributed by atoms with Crippen molar-refractivity contribution < 1.29 is 4.79 Å². The van der Waals surface area contributed by atoms with Gasteiger partial charge in [-0.1, -0.05) is 35.9 Å². The average Bonchev–Trinajstić information content (AvgIpc) is 3.04. The first kappa shape index (κ1) is 18.4. The zero-order chi connectivity index (χ0) is 20.4. The SMILES string of the molecule is Cc1ccc(Nc2ccn3c(=O)n(CC(=O)N(C)c4ccccc4)nc3n2)cc1. The molecule has 0 bridgehead atoms. The van der Waals surface area contributed by atoms with Crippen LogP contribution in [0.4, 0.5) is 17.2 Å². The number of fused-ring (bicyclic) bond motifs is 1. The first-order chi connectivity index (χ1) is 14.0. The number of aromatic nitrogens is 4. The van der Waals surface area contributed by atoms with Gasteiger partial charge in [0, 0.05) is 24.6 Å². The highest BCUT2D eigenvalue weighted by Crippen LogP contribution is 2.15. The fourth-order valence-electron chi connectivity index (χ4n) is 2.89. The number of benzene rings is 2. The van der Waals surface area contributed by atoms with Crippen molar-refractivity contribution in [3.8, 4) is 0 Å². The van der Waals surface area contributed by atoms with E-state index < -0.39 is 5.69 Å². The molecule has 1 N–H and O–H groups in total. The molecule has 0 aliphatic heterocycles. The fourth-order valence-corrected chi connectivity index (χ4v) is 2.89. The highest BCUT2D eigenvalue weighted by atomic mass is 16.2. The topological polar surface area (TPSA) is 84.5 Å². The molecule has 8 heteroatoms. The monoisotopic (exact) mass is 388 g/mol. The van der Waals surface area contributed by atoms with Crippen LogP contribution in [0.15, 0.2) is 71.7 Å². The first-order valence-electron chi connectivity index (χ1n) is 9.13. The number of anilines is 3. The summed E-state index contributed by atoms with van der Waals surface area (Å²) in [5.74, 6) is 0.535. The van der Waals surface area contributed by atoms with Crippen LogP contribution < -0.4 is 15.9 Å². The van der Waals surface area contributed by atoms with Gasteiger partial charge < -0.3 is 10.2 Å². The van der Waals surface area contributed by atoms with Crippen LogP contribution in [0.25, 0.3) is 5.78 Å². The molecular formula is C21H20N6O2. The predicted molar refractivity (Wildman–Crippen MR) is 112 cm³/mol. The van der Waals surface area contributed by atoms with E-state index >= 15 is 0 Å². The molecule has 29 heavy (non-hydrogen) atoms. The summed E-state index contributed by atoms with van der Waals surface area (Å²) in [6.45, 7) is 1.85. The van der Waals surface area contributed by atoms with Crippen molar-refractivity contribution in [2.75, 3.05) is 17.3 Å². The second-order valence-electron chi connectivity index (χ2n) is 6.70. The number of aryl methyl sites for hydroxylation is 1. The minimum absolute atomic E-state index is 0.172. The third kappa shape index (κ3) is 3.86. The van der Waals surface area contributed by atoms with Crippen LogP contribution in [-0.2, 0) is 11.3 Å². The number of nitrogens with zero attached hydrogens (tertiary/aromatic N) is 5. The number of hydrogen-bond acceptors (Lipinski definition) is 5. The Balaban J connectivity index is 1.56. The van der Waals surface area contributed by atoms with Crippen LogP contribution in [0.3, 0.4) is 0 Å². The number of carbonyl (C=O) groups excluding carboxylic acids is 1. The molecule has 2 aromatic carbocycles. The van der Waals surface area contributed by atoms with Gasteiger partial charge in [0.2, 0.25) is 5.91 Å². The van der Waals surface area contributed by atoms with Gasteiger partial charge >= 0.3 is 5.69 Å². The number of para-hydroxylation sites is 1. The van der Waals surface area contributed by atoms with Gasteiger partial charge in [0.05, 0.1) is 0 Å². The van der Waals surface area contributed by atoms with Crippen LogP contribution >= 0.6 is 0 Å². The van der Waals surface area contributed by atoms with Gasteiger partial charge in [-0.25, -0.2) is 13.9 Å². The minimum Gasteiger partial charge on any atom is -0.340 e. The van der Waals surface area contributed by atoms with Crippen molar-refractivity contribution in [2.45, 2.75) is 13.5 Å². The van der Waals surface area contributed by atoms with Gasteiger partial charge in [-0.15, -0.1) is 5.10 Å². The van der Waals surface area contributed by atoms with Gasteiger partial charge in [0.15, 0.2) is 0 Å². The van der Waals surface area contributed by atoms with E-state index in [1.165, 1.54) is 9.30 Å². The van der Waals surface area contributed by atoms with Crippen molar-refractivity contribution in [2.24, 2.45) is 0 Å². The zero-order valence-electron chi connectivity index (χ0n) is 16.1. The van der Waals surface area contributed by atoms with Crippen LogP contribution in [0.5, 0.6) is 0 Å². The summed E-state index contributed by atoms with van der Waals surface area (Å²) in [6.07, 6.45) is 1.59. The van der Waals surface area contributed by atoms with Crippen LogP contribution in [0.2, 0.25) is 0 Å². The third-order valence-electron chi connectivity index (χ3n) is 4.58. The van der Waals surface area contributed by atoms with Gasteiger partial charge in [0.25, 0.3) is 5.78 Å². The maximum Gasteiger partial charge on any atom is 0.352 e. The highest BCUT2D eigenvalue weighted by molar-refractivity contribution is 5.92. The van der Waals surface area contributed by atoms with Crippen molar-refractivity contribution in [1.82, 2.24) is 19.2 Å². The number of hydrogen-bond donors (Lipinski definition) is 1. The highest BCUT2D eigenvalue weighted by Gasteiger charge is 2.16. The summed E-state index contributed by atoms with van der Waals surface area (Å²) in [5.41, 5.74) is 2.38. The van der Waals surface area contributed by atoms with E-state index in [0.29, 0.717) is 5.82 Å². The summed E-state index contributed by atoms with van der Waals surface area (Å²) in [5, 5.41) is 7.39. The molecule has 2 heterocycles. The molecule has 0 aliphatic rings. The summed E-state index contributed by atoms with van der Waals surface area (Å²) < 4.78 is 2.44. The fraction of sp³-hybridized carbons (Fsp3) is 0.143. The molecule has 4 rings (SSSR count). The van der Waals surface area contributed by atoms with Gasteiger partial charge in [-0.05, 0) is 37.3 Å². The van der Waals surface area contributed by atoms with Crippen LogP contribution in [0, 0.1) is 6.92 Å². The van der Waals surface area contributed by atoms with E-state index in [1.54, 1.807) is 19.3 Å². The Hall–Kier alpha value is -3.94. The van der Waals surface area contributed by atoms with Gasteiger partial charge in [-0.2, -0.15) is 4.98 Å². The lowest BCUT2D eigenvalue weighted by molar-refractivity contribution is -0.119. The Morgan fingerprint density at radius 1 is 1.07 bits per heavy atom. The molecule has 0 saturated carbocycles. The van der Waals surface area contributed by atoms with E-state index in [-0.39, 0.29) is 18.2 Å². The van der Waals surface area contributed by atoms with Gasteiger partial charge in [0.1, 0.15) is 12.4 Å². The maximum absolute atomic E-state index is 12.6. The molecular weight excluding hydrogens is 368 g/mol. The Kier molecular flexibility index (Phi) is 4.82. The number of rotatable bonds is 5. The van der Waals surface area contributed by atoms with E-state index in [2.05, 4.69) is 15.4 Å². The maximum atomic E-state index is 12.6. The average molecular weight is 388 g/mol.